The molecule has 0 saturated heterocycles. The van der Waals surface area contributed by atoms with Crippen LogP contribution in [0.15, 0.2) is 18.2 Å². The van der Waals surface area contributed by atoms with E-state index >= 15 is 0 Å². The summed E-state index contributed by atoms with van der Waals surface area (Å²) >= 11 is 11.9. The summed E-state index contributed by atoms with van der Waals surface area (Å²) in [6.07, 6.45) is 4.18. The van der Waals surface area contributed by atoms with Gasteiger partial charge in [-0.05, 0) is 37.5 Å². The van der Waals surface area contributed by atoms with Gasteiger partial charge in [-0.25, -0.2) is 0 Å². The van der Waals surface area contributed by atoms with Crippen LogP contribution in [0.5, 0.6) is 0 Å². The maximum Gasteiger partial charge on any atom is 0.178 e. The molecular weight excluding hydrogens is 297 g/mol. The van der Waals surface area contributed by atoms with Gasteiger partial charge in [0, 0.05) is 29.8 Å². The Labute approximate surface area is 129 Å². The van der Waals surface area contributed by atoms with Crippen LogP contribution in [0.4, 0.5) is 0 Å². The summed E-state index contributed by atoms with van der Waals surface area (Å²) in [6.45, 7) is 1.25. The quantitative estimate of drug-likeness (QED) is 0.784. The zero-order valence-electron chi connectivity index (χ0n) is 11.3. The van der Waals surface area contributed by atoms with Gasteiger partial charge in [-0.1, -0.05) is 29.6 Å². The van der Waals surface area contributed by atoms with Gasteiger partial charge >= 0.3 is 0 Å². The van der Waals surface area contributed by atoms with E-state index in [1.165, 1.54) is 6.42 Å². The largest absolute Gasteiger partial charge is 0.396 e. The van der Waals surface area contributed by atoms with Crippen molar-refractivity contribution in [1.82, 2.24) is 4.90 Å². The van der Waals surface area contributed by atoms with E-state index in [9.17, 15) is 4.79 Å². The Balaban J connectivity index is 2.03. The molecule has 20 heavy (non-hydrogen) atoms. The Morgan fingerprint density at radius 2 is 2.10 bits per heavy atom. The van der Waals surface area contributed by atoms with E-state index < -0.39 is 0 Å². The third-order valence-corrected chi connectivity index (χ3v) is 4.32. The van der Waals surface area contributed by atoms with Crippen molar-refractivity contribution < 1.29 is 9.90 Å². The maximum absolute atomic E-state index is 12.4. The first kappa shape index (κ1) is 15.8. The first-order valence-electron chi connectivity index (χ1n) is 6.95. The highest BCUT2D eigenvalue weighted by Crippen LogP contribution is 2.26. The minimum atomic E-state index is 0.0107. The Morgan fingerprint density at radius 3 is 2.65 bits per heavy atom. The molecular formula is C15H19Cl2NO2. The minimum Gasteiger partial charge on any atom is -0.396 e. The van der Waals surface area contributed by atoms with Crippen LogP contribution in [0.1, 0.15) is 36.0 Å². The van der Waals surface area contributed by atoms with Crippen molar-refractivity contribution in [2.24, 2.45) is 0 Å². The molecule has 1 aromatic rings. The molecule has 1 aliphatic carbocycles. The van der Waals surface area contributed by atoms with Crippen molar-refractivity contribution in [3.63, 3.8) is 0 Å². The molecule has 0 heterocycles. The van der Waals surface area contributed by atoms with Crippen molar-refractivity contribution >= 4 is 29.0 Å². The molecule has 1 aliphatic rings. The summed E-state index contributed by atoms with van der Waals surface area (Å²) in [6, 6.07) is 5.43. The summed E-state index contributed by atoms with van der Waals surface area (Å²) in [5.41, 5.74) is 0.518. The van der Waals surface area contributed by atoms with Crippen molar-refractivity contribution in [3.05, 3.63) is 33.8 Å². The lowest BCUT2D eigenvalue weighted by molar-refractivity contribution is 0.0788. The third-order valence-electron chi connectivity index (χ3n) is 3.77. The van der Waals surface area contributed by atoms with Crippen LogP contribution in [-0.4, -0.2) is 41.5 Å². The molecule has 0 unspecified atom stereocenters. The second-order valence-corrected chi connectivity index (χ2v) is 6.02. The number of halogens is 2. The minimum absolute atomic E-state index is 0.0107. The average molecular weight is 316 g/mol. The Bertz CT molecular complexity index is 475. The molecule has 110 valence electrons. The van der Waals surface area contributed by atoms with E-state index in [2.05, 4.69) is 4.90 Å². The van der Waals surface area contributed by atoms with Gasteiger partial charge in [0.05, 0.1) is 11.6 Å². The molecule has 1 aromatic carbocycles. The van der Waals surface area contributed by atoms with E-state index in [0.717, 1.165) is 19.4 Å². The second-order valence-electron chi connectivity index (χ2n) is 5.18. The fourth-order valence-corrected chi connectivity index (χ4v) is 2.92. The highest BCUT2D eigenvalue weighted by atomic mass is 35.5. The lowest BCUT2D eigenvalue weighted by atomic mass is 9.91. The Hall–Kier alpha value is -0.610. The maximum atomic E-state index is 12.4. The van der Waals surface area contributed by atoms with Gasteiger partial charge in [0.1, 0.15) is 0 Å². The monoisotopic (exact) mass is 315 g/mol. The number of carbonyl (C=O) groups excluding carboxylic acids is 1. The summed E-state index contributed by atoms with van der Waals surface area (Å²) in [7, 11) is 0. The van der Waals surface area contributed by atoms with E-state index in [1.54, 1.807) is 18.2 Å². The van der Waals surface area contributed by atoms with Gasteiger partial charge in [0.15, 0.2) is 5.78 Å². The van der Waals surface area contributed by atoms with Crippen LogP contribution in [-0.2, 0) is 0 Å². The van der Waals surface area contributed by atoms with Gasteiger partial charge in [-0.2, -0.15) is 0 Å². The molecule has 1 saturated carbocycles. The van der Waals surface area contributed by atoms with Gasteiger partial charge in [-0.3, -0.25) is 9.69 Å². The molecule has 0 radical (unpaired) electrons. The number of aliphatic hydroxyl groups is 1. The summed E-state index contributed by atoms with van der Waals surface area (Å²) in [5.74, 6) is 0.0107. The molecule has 0 spiro atoms. The standard InChI is InChI=1S/C15H19Cl2NO2/c16-11-5-6-13(14(17)9-11)15(20)10-18(7-2-8-19)12-3-1-4-12/h5-6,9,12,19H,1-4,7-8,10H2. The van der Waals surface area contributed by atoms with Crippen molar-refractivity contribution in [1.29, 1.82) is 0 Å². The molecule has 1 fully saturated rings. The van der Waals surface area contributed by atoms with Crippen LogP contribution in [0, 0.1) is 0 Å². The van der Waals surface area contributed by atoms with Gasteiger partial charge in [0.25, 0.3) is 0 Å². The molecule has 2 rings (SSSR count). The molecule has 0 amide bonds. The van der Waals surface area contributed by atoms with Crippen molar-refractivity contribution in [3.8, 4) is 0 Å². The van der Waals surface area contributed by atoms with Crippen LogP contribution in [0.3, 0.4) is 0 Å². The van der Waals surface area contributed by atoms with E-state index in [4.69, 9.17) is 28.3 Å². The van der Waals surface area contributed by atoms with Crippen LogP contribution in [0.2, 0.25) is 10.0 Å². The van der Waals surface area contributed by atoms with Gasteiger partial charge < -0.3 is 5.11 Å². The molecule has 0 aliphatic heterocycles. The number of hydrogen-bond acceptors (Lipinski definition) is 3. The highest BCUT2D eigenvalue weighted by molar-refractivity contribution is 6.36. The Kier molecular flexibility index (Phi) is 5.85. The van der Waals surface area contributed by atoms with Gasteiger partial charge in [0.2, 0.25) is 0 Å². The number of Topliss-reactive ketones (excluding diaryl/α,β-unsaturated/α-hetero) is 1. The zero-order chi connectivity index (χ0) is 14.5. The molecule has 0 bridgehead atoms. The van der Waals surface area contributed by atoms with Crippen molar-refractivity contribution in [2.75, 3.05) is 19.7 Å². The molecule has 0 aromatic heterocycles. The fourth-order valence-electron chi connectivity index (χ4n) is 2.40. The summed E-state index contributed by atoms with van der Waals surface area (Å²) < 4.78 is 0. The summed E-state index contributed by atoms with van der Waals surface area (Å²) in [5, 5.41) is 9.90. The zero-order valence-corrected chi connectivity index (χ0v) is 12.8. The number of aliphatic hydroxyl groups excluding tert-OH is 1. The SMILES string of the molecule is O=C(CN(CCCO)C1CCC1)c1ccc(Cl)cc1Cl. The fraction of sp³-hybridized carbons (Fsp3) is 0.533. The second kappa shape index (κ2) is 7.41. The summed E-state index contributed by atoms with van der Waals surface area (Å²) in [4.78, 5) is 14.5. The lowest BCUT2D eigenvalue weighted by Crippen LogP contribution is -2.43. The van der Waals surface area contributed by atoms with Crippen LogP contribution < -0.4 is 0 Å². The molecule has 1 N–H and O–H groups in total. The van der Waals surface area contributed by atoms with E-state index in [1.807, 2.05) is 0 Å². The van der Waals surface area contributed by atoms with E-state index in [-0.39, 0.29) is 12.4 Å². The Morgan fingerprint density at radius 1 is 1.35 bits per heavy atom. The first-order chi connectivity index (χ1) is 9.61. The molecule has 5 heteroatoms. The number of carbonyl (C=O) groups is 1. The number of benzene rings is 1. The number of ketones is 1. The average Bonchev–Trinajstić information content (AvgIpc) is 2.33. The van der Waals surface area contributed by atoms with Crippen molar-refractivity contribution in [2.45, 2.75) is 31.7 Å². The molecule has 0 atom stereocenters. The van der Waals surface area contributed by atoms with Crippen LogP contribution >= 0.6 is 23.2 Å². The number of rotatable bonds is 7. The molecule has 3 nitrogen and oxygen atoms in total. The third kappa shape index (κ3) is 3.95. The number of hydrogen-bond donors (Lipinski definition) is 1. The van der Waals surface area contributed by atoms with Gasteiger partial charge in [-0.15, -0.1) is 0 Å². The first-order valence-corrected chi connectivity index (χ1v) is 7.70. The van der Waals surface area contributed by atoms with Crippen LogP contribution in [0.25, 0.3) is 0 Å². The highest BCUT2D eigenvalue weighted by Gasteiger charge is 2.26. The predicted octanol–water partition coefficient (Wildman–Crippen LogP) is 3.41. The predicted molar refractivity (Wildman–Crippen MR) is 81.7 cm³/mol. The topological polar surface area (TPSA) is 40.5 Å². The number of nitrogens with zero attached hydrogens (tertiary/aromatic N) is 1. The lowest BCUT2D eigenvalue weighted by Gasteiger charge is -2.37. The normalized spacial score (nSPS) is 15.4. The van der Waals surface area contributed by atoms with E-state index in [0.29, 0.717) is 34.6 Å². The smallest absolute Gasteiger partial charge is 0.178 e.